The number of hydrogen-bond donors (Lipinski definition) is 1. The summed E-state index contributed by atoms with van der Waals surface area (Å²) in [6.07, 6.45) is 7.14. The Morgan fingerprint density at radius 3 is 2.25 bits per heavy atom. The van der Waals surface area contributed by atoms with Crippen molar-refractivity contribution < 1.29 is 9.84 Å². The highest BCUT2D eigenvalue weighted by molar-refractivity contribution is 5.50. The second-order valence-electron chi connectivity index (χ2n) is 4.61. The van der Waals surface area contributed by atoms with Crippen LogP contribution in [0.4, 0.5) is 0 Å². The van der Waals surface area contributed by atoms with Gasteiger partial charge < -0.3 is 9.84 Å². The number of allylic oxidation sites excluding steroid dienone is 1. The molecule has 2 rings (SSSR count). The maximum atomic E-state index is 8.70. The highest BCUT2D eigenvalue weighted by Crippen LogP contribution is 2.21. The fraction of sp³-hybridized carbons (Fsp3) is 0.222. The van der Waals surface area contributed by atoms with E-state index < -0.39 is 0 Å². The van der Waals surface area contributed by atoms with Gasteiger partial charge in [0.15, 0.2) is 0 Å². The molecule has 20 heavy (non-hydrogen) atoms. The highest BCUT2D eigenvalue weighted by Gasteiger charge is 1.95. The van der Waals surface area contributed by atoms with Crippen molar-refractivity contribution >= 4 is 6.08 Å². The molecule has 0 amide bonds. The summed E-state index contributed by atoms with van der Waals surface area (Å²) in [5, 5.41) is 8.70. The Bertz CT molecular complexity index is 515. The molecular weight excluding hydrogens is 248 g/mol. The summed E-state index contributed by atoms with van der Waals surface area (Å²) in [6, 6.07) is 17.8. The van der Waals surface area contributed by atoms with Gasteiger partial charge in [-0.25, -0.2) is 0 Å². The van der Waals surface area contributed by atoms with E-state index in [4.69, 9.17) is 9.84 Å². The van der Waals surface area contributed by atoms with Crippen molar-refractivity contribution in [2.45, 2.75) is 19.3 Å². The summed E-state index contributed by atoms with van der Waals surface area (Å²) in [5.74, 6) is 1.69. The van der Waals surface area contributed by atoms with Gasteiger partial charge in [-0.1, -0.05) is 42.5 Å². The van der Waals surface area contributed by atoms with Crippen molar-refractivity contribution in [2.75, 3.05) is 6.61 Å². The third kappa shape index (κ3) is 4.90. The first-order chi connectivity index (χ1) is 9.88. The highest BCUT2D eigenvalue weighted by atomic mass is 16.5. The Morgan fingerprint density at radius 2 is 1.55 bits per heavy atom. The van der Waals surface area contributed by atoms with E-state index in [-0.39, 0.29) is 6.61 Å². The third-order valence-corrected chi connectivity index (χ3v) is 2.95. The van der Waals surface area contributed by atoms with Crippen LogP contribution in [0.1, 0.15) is 24.8 Å². The Kier molecular flexibility index (Phi) is 5.87. The van der Waals surface area contributed by atoms with Crippen molar-refractivity contribution in [1.29, 1.82) is 0 Å². The van der Waals surface area contributed by atoms with Crippen molar-refractivity contribution in [3.8, 4) is 11.5 Å². The van der Waals surface area contributed by atoms with Crippen LogP contribution < -0.4 is 4.74 Å². The maximum absolute atomic E-state index is 8.70. The molecule has 1 N–H and O–H groups in total. The van der Waals surface area contributed by atoms with Gasteiger partial charge in [0.05, 0.1) is 0 Å². The van der Waals surface area contributed by atoms with Crippen molar-refractivity contribution in [3.05, 3.63) is 66.2 Å². The predicted molar refractivity (Wildman–Crippen MR) is 82.9 cm³/mol. The third-order valence-electron chi connectivity index (χ3n) is 2.95. The molecule has 0 saturated carbocycles. The molecule has 0 aliphatic carbocycles. The van der Waals surface area contributed by atoms with Gasteiger partial charge in [0.1, 0.15) is 11.5 Å². The van der Waals surface area contributed by atoms with Crippen molar-refractivity contribution in [3.63, 3.8) is 0 Å². The van der Waals surface area contributed by atoms with E-state index in [0.29, 0.717) is 0 Å². The average Bonchev–Trinajstić information content (AvgIpc) is 2.50. The lowest BCUT2D eigenvalue weighted by molar-refractivity contribution is 0.285. The van der Waals surface area contributed by atoms with Crippen molar-refractivity contribution in [1.82, 2.24) is 0 Å². The zero-order valence-electron chi connectivity index (χ0n) is 11.5. The molecule has 0 aromatic heterocycles. The summed E-state index contributed by atoms with van der Waals surface area (Å²) >= 11 is 0. The SMILES string of the molecule is OCCCCC=Cc1ccc(Oc2ccccc2)cc1. The molecule has 0 fully saturated rings. The van der Waals surface area contributed by atoms with Gasteiger partial charge >= 0.3 is 0 Å². The molecule has 0 aliphatic rings. The van der Waals surface area contributed by atoms with Gasteiger partial charge in [0, 0.05) is 6.61 Å². The van der Waals surface area contributed by atoms with Crippen LogP contribution in [0.5, 0.6) is 11.5 Å². The second-order valence-corrected chi connectivity index (χ2v) is 4.61. The lowest BCUT2D eigenvalue weighted by atomic mass is 10.1. The normalized spacial score (nSPS) is 10.8. The summed E-state index contributed by atoms with van der Waals surface area (Å²) in [4.78, 5) is 0. The van der Waals surface area contributed by atoms with Crippen LogP contribution in [-0.4, -0.2) is 11.7 Å². The summed E-state index contributed by atoms with van der Waals surface area (Å²) in [6.45, 7) is 0.277. The fourth-order valence-corrected chi connectivity index (χ4v) is 1.87. The lowest BCUT2D eigenvalue weighted by Gasteiger charge is -2.05. The zero-order chi connectivity index (χ0) is 14.0. The second kappa shape index (κ2) is 8.18. The fourth-order valence-electron chi connectivity index (χ4n) is 1.87. The van der Waals surface area contributed by atoms with Crippen molar-refractivity contribution in [2.24, 2.45) is 0 Å². The molecule has 0 radical (unpaired) electrons. The average molecular weight is 268 g/mol. The standard InChI is InChI=1S/C18H20O2/c19-15-7-2-1-4-8-16-11-13-18(14-12-16)20-17-9-5-3-6-10-17/h3-6,8-14,19H,1-2,7,15H2. The Labute approximate surface area is 120 Å². The van der Waals surface area contributed by atoms with Crippen LogP contribution in [0.25, 0.3) is 6.08 Å². The molecule has 104 valence electrons. The minimum absolute atomic E-state index is 0.277. The molecule has 2 aromatic rings. The molecule has 0 spiro atoms. The number of unbranched alkanes of at least 4 members (excludes halogenated alkanes) is 2. The zero-order valence-corrected chi connectivity index (χ0v) is 11.5. The van der Waals surface area contributed by atoms with Crippen LogP contribution in [0.3, 0.4) is 0 Å². The molecule has 0 saturated heterocycles. The minimum atomic E-state index is 0.277. The first-order valence-electron chi connectivity index (χ1n) is 6.99. The van der Waals surface area contributed by atoms with E-state index in [9.17, 15) is 0 Å². The first kappa shape index (κ1) is 14.4. The molecule has 0 heterocycles. The summed E-state index contributed by atoms with van der Waals surface area (Å²) < 4.78 is 5.74. The molecule has 2 nitrogen and oxygen atoms in total. The van der Waals surface area contributed by atoms with Gasteiger partial charge in [-0.15, -0.1) is 0 Å². The quantitative estimate of drug-likeness (QED) is 0.740. The van der Waals surface area contributed by atoms with Crippen LogP contribution in [0, 0.1) is 0 Å². The number of rotatable bonds is 7. The number of ether oxygens (including phenoxy) is 1. The van der Waals surface area contributed by atoms with Gasteiger partial charge in [-0.05, 0) is 49.1 Å². The maximum Gasteiger partial charge on any atom is 0.127 e. The van der Waals surface area contributed by atoms with E-state index in [1.165, 1.54) is 0 Å². The van der Waals surface area contributed by atoms with E-state index in [1.807, 2.05) is 54.6 Å². The molecule has 0 unspecified atom stereocenters. The number of aliphatic hydroxyl groups excluding tert-OH is 1. The summed E-state index contributed by atoms with van der Waals surface area (Å²) in [5.41, 5.74) is 1.16. The Morgan fingerprint density at radius 1 is 0.850 bits per heavy atom. The van der Waals surface area contributed by atoms with Crippen LogP contribution in [0.15, 0.2) is 60.7 Å². The van der Waals surface area contributed by atoms with Gasteiger partial charge in [0.25, 0.3) is 0 Å². The van der Waals surface area contributed by atoms with Gasteiger partial charge in [-0.2, -0.15) is 0 Å². The number of para-hydroxylation sites is 1. The Hall–Kier alpha value is -2.06. The summed E-state index contributed by atoms with van der Waals surface area (Å²) in [7, 11) is 0. The first-order valence-corrected chi connectivity index (χ1v) is 6.99. The van der Waals surface area contributed by atoms with E-state index in [1.54, 1.807) is 0 Å². The topological polar surface area (TPSA) is 29.5 Å². The van der Waals surface area contributed by atoms with Crippen LogP contribution >= 0.6 is 0 Å². The largest absolute Gasteiger partial charge is 0.457 e. The minimum Gasteiger partial charge on any atom is -0.457 e. The van der Waals surface area contributed by atoms with Gasteiger partial charge in [0.2, 0.25) is 0 Å². The van der Waals surface area contributed by atoms with Crippen LogP contribution in [0.2, 0.25) is 0 Å². The van der Waals surface area contributed by atoms with E-state index in [0.717, 1.165) is 36.3 Å². The van der Waals surface area contributed by atoms with E-state index in [2.05, 4.69) is 12.2 Å². The molecule has 0 atom stereocenters. The predicted octanol–water partition coefficient (Wildman–Crippen LogP) is 4.65. The molecule has 0 aliphatic heterocycles. The number of aliphatic hydroxyl groups is 1. The molecular formula is C18H20O2. The van der Waals surface area contributed by atoms with E-state index >= 15 is 0 Å². The molecule has 2 aromatic carbocycles. The Balaban J connectivity index is 1.86. The monoisotopic (exact) mass is 268 g/mol. The van der Waals surface area contributed by atoms with Gasteiger partial charge in [-0.3, -0.25) is 0 Å². The smallest absolute Gasteiger partial charge is 0.127 e. The van der Waals surface area contributed by atoms with Crippen LogP contribution in [-0.2, 0) is 0 Å². The molecule has 0 bridgehead atoms. The molecule has 2 heteroatoms. The lowest BCUT2D eigenvalue weighted by Crippen LogP contribution is -1.83. The number of benzene rings is 2. The number of hydrogen-bond acceptors (Lipinski definition) is 2.